The lowest BCUT2D eigenvalue weighted by Gasteiger charge is -2.53. The molecule has 1 atom stereocenters. The Morgan fingerprint density at radius 2 is 1.53 bits per heavy atom. The minimum Gasteiger partial charge on any atom is -0.388 e. The first-order valence-electron chi connectivity index (χ1n) is 7.40. The van der Waals surface area contributed by atoms with Crippen molar-refractivity contribution in [1.29, 1.82) is 0 Å². The zero-order valence-corrected chi connectivity index (χ0v) is 11.8. The molecule has 0 aliphatic heterocycles. The standard InChI is InChI=1S/C15H29NO/c1-14(16(2)3,13-9-5-4-6-10-13)15(17)11-7-8-12-15/h13,17H,4-12H2,1-3H3. The van der Waals surface area contributed by atoms with Gasteiger partial charge in [0.25, 0.3) is 0 Å². The Hall–Kier alpha value is -0.0800. The van der Waals surface area contributed by atoms with E-state index in [1.807, 2.05) is 0 Å². The van der Waals surface area contributed by atoms with Crippen molar-refractivity contribution in [3.8, 4) is 0 Å². The van der Waals surface area contributed by atoms with Crippen molar-refractivity contribution >= 4 is 0 Å². The third kappa shape index (κ3) is 2.15. The minimum atomic E-state index is -0.446. The summed E-state index contributed by atoms with van der Waals surface area (Å²) in [7, 11) is 4.32. The number of nitrogens with zero attached hydrogens (tertiary/aromatic N) is 1. The van der Waals surface area contributed by atoms with E-state index >= 15 is 0 Å². The molecule has 0 aromatic carbocycles. The number of aliphatic hydroxyl groups is 1. The van der Waals surface area contributed by atoms with Gasteiger partial charge in [-0.2, -0.15) is 0 Å². The second-order valence-corrected chi connectivity index (χ2v) is 6.62. The number of hydrogen-bond donors (Lipinski definition) is 1. The van der Waals surface area contributed by atoms with Gasteiger partial charge in [-0.25, -0.2) is 0 Å². The highest BCUT2D eigenvalue weighted by Gasteiger charge is 2.53. The molecule has 0 aromatic rings. The average molecular weight is 239 g/mol. The van der Waals surface area contributed by atoms with E-state index in [4.69, 9.17) is 0 Å². The zero-order chi connectivity index (χ0) is 12.5. The van der Waals surface area contributed by atoms with Crippen LogP contribution in [0, 0.1) is 5.92 Å². The van der Waals surface area contributed by atoms with Gasteiger partial charge in [0.1, 0.15) is 0 Å². The van der Waals surface area contributed by atoms with Crippen molar-refractivity contribution in [2.45, 2.75) is 75.9 Å². The van der Waals surface area contributed by atoms with Crippen molar-refractivity contribution in [3.05, 3.63) is 0 Å². The van der Waals surface area contributed by atoms with Crippen molar-refractivity contribution in [2.24, 2.45) is 5.92 Å². The smallest absolute Gasteiger partial charge is 0.0830 e. The summed E-state index contributed by atoms with van der Waals surface area (Å²) in [5.41, 5.74) is -0.470. The van der Waals surface area contributed by atoms with Gasteiger partial charge in [-0.05, 0) is 52.6 Å². The molecule has 2 aliphatic carbocycles. The maximum Gasteiger partial charge on any atom is 0.0830 e. The number of rotatable bonds is 3. The summed E-state index contributed by atoms with van der Waals surface area (Å²) < 4.78 is 0. The van der Waals surface area contributed by atoms with Crippen LogP contribution < -0.4 is 0 Å². The van der Waals surface area contributed by atoms with Gasteiger partial charge in [0.05, 0.1) is 5.60 Å². The summed E-state index contributed by atoms with van der Waals surface area (Å²) >= 11 is 0. The Bertz CT molecular complexity index is 252. The van der Waals surface area contributed by atoms with Crippen molar-refractivity contribution < 1.29 is 5.11 Å². The second-order valence-electron chi connectivity index (χ2n) is 6.62. The van der Waals surface area contributed by atoms with Crippen LogP contribution in [-0.2, 0) is 0 Å². The lowest BCUT2D eigenvalue weighted by atomic mass is 9.65. The molecule has 2 rings (SSSR count). The molecule has 2 nitrogen and oxygen atoms in total. The summed E-state index contributed by atoms with van der Waals surface area (Å²) in [5, 5.41) is 11.1. The largest absolute Gasteiger partial charge is 0.388 e. The fraction of sp³-hybridized carbons (Fsp3) is 1.00. The Balaban J connectivity index is 2.24. The Kier molecular flexibility index (Phi) is 3.84. The van der Waals surface area contributed by atoms with Gasteiger partial charge in [0.2, 0.25) is 0 Å². The second kappa shape index (κ2) is 4.89. The van der Waals surface area contributed by atoms with Crippen LogP contribution in [0.3, 0.4) is 0 Å². The summed E-state index contributed by atoms with van der Waals surface area (Å²) in [6.07, 6.45) is 11.1. The fourth-order valence-corrected chi connectivity index (χ4v) is 4.29. The molecule has 17 heavy (non-hydrogen) atoms. The molecule has 0 spiro atoms. The summed E-state index contributed by atoms with van der Waals surface area (Å²) in [6.45, 7) is 2.31. The van der Waals surface area contributed by atoms with Gasteiger partial charge in [-0.3, -0.25) is 0 Å². The van der Waals surface area contributed by atoms with Crippen LogP contribution in [0.5, 0.6) is 0 Å². The highest BCUT2D eigenvalue weighted by Crippen LogP contribution is 2.48. The Labute approximate surface area is 106 Å². The van der Waals surface area contributed by atoms with Crippen LogP contribution >= 0.6 is 0 Å². The van der Waals surface area contributed by atoms with Gasteiger partial charge in [0, 0.05) is 5.54 Å². The molecular formula is C15H29NO. The fourth-order valence-electron chi connectivity index (χ4n) is 4.29. The lowest BCUT2D eigenvalue weighted by Crippen LogP contribution is -2.63. The molecule has 1 unspecified atom stereocenters. The zero-order valence-electron chi connectivity index (χ0n) is 11.8. The molecule has 2 heteroatoms. The van der Waals surface area contributed by atoms with Crippen molar-refractivity contribution in [3.63, 3.8) is 0 Å². The molecule has 1 N–H and O–H groups in total. The quantitative estimate of drug-likeness (QED) is 0.817. The molecule has 0 radical (unpaired) electrons. The first-order valence-corrected chi connectivity index (χ1v) is 7.40. The third-order valence-electron chi connectivity index (χ3n) is 5.70. The molecule has 2 aliphatic rings. The molecule has 0 bridgehead atoms. The first kappa shape index (κ1) is 13.4. The molecule has 2 saturated carbocycles. The average Bonchev–Trinajstić information content (AvgIpc) is 2.77. The summed E-state index contributed by atoms with van der Waals surface area (Å²) in [5.74, 6) is 0.675. The summed E-state index contributed by atoms with van der Waals surface area (Å²) in [6, 6.07) is 0. The SMILES string of the molecule is CN(C)C(C)(C1CCCCC1)C1(O)CCCC1. The van der Waals surface area contributed by atoms with E-state index in [0.29, 0.717) is 5.92 Å². The molecule has 0 aromatic heterocycles. The predicted octanol–water partition coefficient (Wildman–Crippen LogP) is 3.19. The third-order valence-corrected chi connectivity index (χ3v) is 5.70. The predicted molar refractivity (Wildman–Crippen MR) is 72.1 cm³/mol. The number of likely N-dealkylation sites (N-methyl/N-ethyl adjacent to an activating group) is 1. The molecule has 2 fully saturated rings. The molecular weight excluding hydrogens is 210 g/mol. The van der Waals surface area contributed by atoms with Gasteiger partial charge in [0.15, 0.2) is 0 Å². The lowest BCUT2D eigenvalue weighted by molar-refractivity contribution is -0.121. The van der Waals surface area contributed by atoms with E-state index < -0.39 is 5.60 Å². The highest BCUT2D eigenvalue weighted by atomic mass is 16.3. The molecule has 0 heterocycles. The molecule has 0 saturated heterocycles. The van der Waals surface area contributed by atoms with Gasteiger partial charge in [-0.1, -0.05) is 32.1 Å². The van der Waals surface area contributed by atoms with E-state index in [0.717, 1.165) is 12.8 Å². The van der Waals surface area contributed by atoms with Crippen LogP contribution in [0.15, 0.2) is 0 Å². The molecule has 0 amide bonds. The first-order chi connectivity index (χ1) is 8.01. The monoisotopic (exact) mass is 239 g/mol. The van der Waals surface area contributed by atoms with Gasteiger partial charge < -0.3 is 10.0 Å². The maximum atomic E-state index is 11.1. The van der Waals surface area contributed by atoms with E-state index in [9.17, 15) is 5.11 Å². The maximum absolute atomic E-state index is 11.1. The van der Waals surface area contributed by atoms with Crippen LogP contribution in [0.25, 0.3) is 0 Å². The van der Waals surface area contributed by atoms with E-state index in [1.165, 1.54) is 44.9 Å². The Morgan fingerprint density at radius 3 is 2.00 bits per heavy atom. The van der Waals surface area contributed by atoms with Crippen molar-refractivity contribution in [2.75, 3.05) is 14.1 Å². The normalized spacial score (nSPS) is 29.5. The van der Waals surface area contributed by atoms with Crippen molar-refractivity contribution in [1.82, 2.24) is 4.90 Å². The van der Waals surface area contributed by atoms with Crippen LogP contribution in [-0.4, -0.2) is 35.2 Å². The number of hydrogen-bond acceptors (Lipinski definition) is 2. The van der Waals surface area contributed by atoms with E-state index in [2.05, 4.69) is 25.9 Å². The van der Waals surface area contributed by atoms with E-state index in [1.54, 1.807) is 0 Å². The van der Waals surface area contributed by atoms with Crippen LogP contribution in [0.4, 0.5) is 0 Å². The topological polar surface area (TPSA) is 23.5 Å². The van der Waals surface area contributed by atoms with Gasteiger partial charge >= 0.3 is 0 Å². The Morgan fingerprint density at radius 1 is 1.00 bits per heavy atom. The minimum absolute atomic E-state index is 0.0239. The summed E-state index contributed by atoms with van der Waals surface area (Å²) in [4.78, 5) is 2.31. The van der Waals surface area contributed by atoms with Crippen LogP contribution in [0.2, 0.25) is 0 Å². The highest BCUT2D eigenvalue weighted by molar-refractivity contribution is 5.08. The molecule has 100 valence electrons. The van der Waals surface area contributed by atoms with Crippen LogP contribution in [0.1, 0.15) is 64.7 Å². The van der Waals surface area contributed by atoms with E-state index in [-0.39, 0.29) is 5.54 Å². The van der Waals surface area contributed by atoms with Gasteiger partial charge in [-0.15, -0.1) is 0 Å².